The highest BCUT2D eigenvalue weighted by Crippen LogP contribution is 2.46. The van der Waals surface area contributed by atoms with Gasteiger partial charge in [-0.15, -0.1) is 0 Å². The molecule has 0 radical (unpaired) electrons. The van der Waals surface area contributed by atoms with Crippen LogP contribution in [0.1, 0.15) is 5.56 Å². The molecule has 0 unspecified atom stereocenters. The molecule has 0 bridgehead atoms. The van der Waals surface area contributed by atoms with Crippen molar-refractivity contribution in [2.45, 2.75) is 6.92 Å². The summed E-state index contributed by atoms with van der Waals surface area (Å²) < 4.78 is 6.91. The number of aryl methyl sites for hydroxylation is 1. The highest BCUT2D eigenvalue weighted by molar-refractivity contribution is 6.00. The molecule has 0 saturated heterocycles. The Kier molecular flexibility index (Phi) is 6.02. The normalized spacial score (nSPS) is 11.1. The number of benzene rings is 6. The van der Waals surface area contributed by atoms with E-state index in [1.807, 2.05) is 12.1 Å². The quantitative estimate of drug-likeness (QED) is 0.219. The van der Waals surface area contributed by atoms with E-state index in [9.17, 15) is 0 Å². The van der Waals surface area contributed by atoms with E-state index in [2.05, 4.69) is 156 Å². The SMILES string of the molecule is Cc1cc(N(c2ccccc2)c2cccc3ccccc23)oc1N(c1ccccc1)c1cccc2ccccc12. The summed E-state index contributed by atoms with van der Waals surface area (Å²) in [5, 5.41) is 4.71. The van der Waals surface area contributed by atoms with Crippen molar-refractivity contribution in [2.24, 2.45) is 0 Å². The Balaban J connectivity index is 1.46. The van der Waals surface area contributed by atoms with Gasteiger partial charge in [-0.2, -0.15) is 0 Å². The third-order valence-electron chi connectivity index (χ3n) is 7.35. The second-order valence-corrected chi connectivity index (χ2v) is 9.91. The number of fused-ring (bicyclic) bond motifs is 2. The minimum Gasteiger partial charge on any atom is -0.423 e. The molecule has 0 N–H and O–H groups in total. The van der Waals surface area contributed by atoms with Gasteiger partial charge in [-0.3, -0.25) is 9.80 Å². The van der Waals surface area contributed by atoms with Gasteiger partial charge in [0.25, 0.3) is 0 Å². The number of para-hydroxylation sites is 2. The minimum atomic E-state index is 0.760. The minimum absolute atomic E-state index is 0.760. The molecular formula is C37H28N2O. The lowest BCUT2D eigenvalue weighted by molar-refractivity contribution is 0.579. The van der Waals surface area contributed by atoms with Crippen LogP contribution < -0.4 is 9.80 Å². The first-order chi connectivity index (χ1) is 19.8. The second kappa shape index (κ2) is 10.1. The molecular weight excluding hydrogens is 488 g/mol. The van der Waals surface area contributed by atoms with Gasteiger partial charge in [0.1, 0.15) is 0 Å². The van der Waals surface area contributed by atoms with Crippen molar-refractivity contribution in [3.8, 4) is 0 Å². The van der Waals surface area contributed by atoms with Crippen LogP contribution in [0.3, 0.4) is 0 Å². The molecule has 0 fully saturated rings. The number of hydrogen-bond donors (Lipinski definition) is 0. The summed E-state index contributed by atoms with van der Waals surface area (Å²) in [4.78, 5) is 4.44. The lowest BCUT2D eigenvalue weighted by Crippen LogP contribution is -2.11. The summed E-state index contributed by atoms with van der Waals surface area (Å²) in [7, 11) is 0. The highest BCUT2D eigenvalue weighted by atomic mass is 16.4. The number of anilines is 6. The Morgan fingerprint density at radius 2 is 0.900 bits per heavy atom. The van der Waals surface area contributed by atoms with Crippen molar-refractivity contribution >= 4 is 56.1 Å². The van der Waals surface area contributed by atoms with E-state index in [1.165, 1.54) is 21.5 Å². The molecule has 0 aliphatic rings. The average molecular weight is 517 g/mol. The van der Waals surface area contributed by atoms with Gasteiger partial charge in [0.2, 0.25) is 11.8 Å². The molecule has 40 heavy (non-hydrogen) atoms. The van der Waals surface area contributed by atoms with Crippen LogP contribution in [0.25, 0.3) is 21.5 Å². The first kappa shape index (κ1) is 23.8. The van der Waals surface area contributed by atoms with Gasteiger partial charge in [0, 0.05) is 33.8 Å². The van der Waals surface area contributed by atoms with Gasteiger partial charge in [-0.1, -0.05) is 109 Å². The first-order valence-corrected chi connectivity index (χ1v) is 13.5. The fraction of sp³-hybridized carbons (Fsp3) is 0.0270. The summed E-state index contributed by atoms with van der Waals surface area (Å²) in [5.74, 6) is 1.55. The smallest absolute Gasteiger partial charge is 0.210 e. The Morgan fingerprint density at radius 1 is 0.450 bits per heavy atom. The Hall–Kier alpha value is -5.28. The van der Waals surface area contributed by atoms with E-state index in [1.54, 1.807) is 0 Å². The maximum atomic E-state index is 6.91. The van der Waals surface area contributed by atoms with Gasteiger partial charge < -0.3 is 4.42 Å². The molecule has 0 aliphatic carbocycles. The maximum Gasteiger partial charge on any atom is 0.210 e. The predicted octanol–water partition coefficient (Wildman–Crippen LogP) is 10.8. The van der Waals surface area contributed by atoms with Crippen molar-refractivity contribution in [3.63, 3.8) is 0 Å². The molecule has 192 valence electrons. The van der Waals surface area contributed by atoms with E-state index in [4.69, 9.17) is 4.42 Å². The van der Waals surface area contributed by atoms with Gasteiger partial charge in [-0.05, 0) is 54.1 Å². The maximum absolute atomic E-state index is 6.91. The van der Waals surface area contributed by atoms with Gasteiger partial charge in [0.15, 0.2) is 0 Å². The Labute approximate surface area is 234 Å². The monoisotopic (exact) mass is 516 g/mol. The van der Waals surface area contributed by atoms with Gasteiger partial charge in [0.05, 0.1) is 11.4 Å². The zero-order valence-electron chi connectivity index (χ0n) is 22.2. The van der Waals surface area contributed by atoms with Crippen LogP contribution in [0, 0.1) is 6.92 Å². The molecule has 0 amide bonds. The Morgan fingerprint density at radius 3 is 1.48 bits per heavy atom. The summed E-state index contributed by atoms with van der Waals surface area (Å²) >= 11 is 0. The molecule has 3 heteroatoms. The fourth-order valence-corrected chi connectivity index (χ4v) is 5.50. The molecule has 0 aliphatic heterocycles. The third kappa shape index (κ3) is 4.18. The first-order valence-electron chi connectivity index (χ1n) is 13.5. The average Bonchev–Trinajstić information content (AvgIpc) is 3.39. The van der Waals surface area contributed by atoms with Crippen LogP contribution in [0.4, 0.5) is 34.5 Å². The van der Waals surface area contributed by atoms with E-state index in [0.717, 1.165) is 40.1 Å². The van der Waals surface area contributed by atoms with Crippen molar-refractivity contribution in [2.75, 3.05) is 9.80 Å². The van der Waals surface area contributed by atoms with Crippen LogP contribution in [0.2, 0.25) is 0 Å². The van der Waals surface area contributed by atoms with Crippen LogP contribution in [0.5, 0.6) is 0 Å². The van der Waals surface area contributed by atoms with Crippen molar-refractivity contribution in [1.29, 1.82) is 0 Å². The van der Waals surface area contributed by atoms with Crippen LogP contribution in [-0.2, 0) is 0 Å². The standard InChI is InChI=1S/C37H28N2O/c1-27-26-36(38(30-18-4-2-5-19-30)34-24-12-16-28-14-8-10-22-32(28)34)40-37(27)39(31-20-6-3-7-21-31)35-25-13-17-29-15-9-11-23-33(29)35/h2-26H,1H3. The fourth-order valence-electron chi connectivity index (χ4n) is 5.50. The van der Waals surface area contributed by atoms with Gasteiger partial charge >= 0.3 is 0 Å². The van der Waals surface area contributed by atoms with E-state index in [-0.39, 0.29) is 0 Å². The van der Waals surface area contributed by atoms with Crippen molar-refractivity contribution in [1.82, 2.24) is 0 Å². The van der Waals surface area contributed by atoms with Gasteiger partial charge in [-0.25, -0.2) is 0 Å². The molecule has 1 aromatic heterocycles. The molecule has 3 nitrogen and oxygen atoms in total. The lowest BCUT2D eigenvalue weighted by Gasteiger charge is -2.26. The Bertz CT molecular complexity index is 1910. The largest absolute Gasteiger partial charge is 0.423 e. The summed E-state index contributed by atoms with van der Waals surface area (Å²) in [5.41, 5.74) is 5.27. The van der Waals surface area contributed by atoms with E-state index in [0.29, 0.717) is 0 Å². The predicted molar refractivity (Wildman–Crippen MR) is 168 cm³/mol. The molecule has 1 heterocycles. The summed E-state index contributed by atoms with van der Waals surface area (Å²) in [6, 6.07) is 52.8. The number of nitrogens with zero attached hydrogens (tertiary/aromatic N) is 2. The molecule has 0 atom stereocenters. The second-order valence-electron chi connectivity index (χ2n) is 9.91. The van der Waals surface area contributed by atoms with E-state index >= 15 is 0 Å². The zero-order chi connectivity index (χ0) is 26.9. The van der Waals surface area contributed by atoms with Crippen LogP contribution in [-0.4, -0.2) is 0 Å². The zero-order valence-corrected chi connectivity index (χ0v) is 22.2. The topological polar surface area (TPSA) is 19.6 Å². The number of hydrogen-bond acceptors (Lipinski definition) is 3. The van der Waals surface area contributed by atoms with Crippen LogP contribution >= 0.6 is 0 Å². The van der Waals surface area contributed by atoms with Crippen molar-refractivity contribution in [3.05, 3.63) is 157 Å². The summed E-state index contributed by atoms with van der Waals surface area (Å²) in [6.45, 7) is 2.12. The molecule has 0 saturated carbocycles. The highest BCUT2D eigenvalue weighted by Gasteiger charge is 2.25. The van der Waals surface area contributed by atoms with E-state index < -0.39 is 0 Å². The van der Waals surface area contributed by atoms with Crippen molar-refractivity contribution < 1.29 is 4.42 Å². The number of furan rings is 1. The molecule has 7 rings (SSSR count). The molecule has 6 aromatic carbocycles. The summed E-state index contributed by atoms with van der Waals surface area (Å²) in [6.07, 6.45) is 0. The lowest BCUT2D eigenvalue weighted by atomic mass is 10.1. The van der Waals surface area contributed by atoms with Crippen LogP contribution in [0.15, 0.2) is 156 Å². The third-order valence-corrected chi connectivity index (χ3v) is 7.35. The number of rotatable bonds is 6. The molecule has 7 aromatic rings. The molecule has 0 spiro atoms.